The van der Waals surface area contributed by atoms with Crippen molar-refractivity contribution in [2.45, 2.75) is 46.0 Å². The summed E-state index contributed by atoms with van der Waals surface area (Å²) < 4.78 is 11.7. The van der Waals surface area contributed by atoms with Gasteiger partial charge in [0.1, 0.15) is 11.5 Å². The highest BCUT2D eigenvalue weighted by Gasteiger charge is 2.17. The van der Waals surface area contributed by atoms with Gasteiger partial charge in [0.25, 0.3) is 11.8 Å². The second-order valence-corrected chi connectivity index (χ2v) is 8.41. The molecule has 2 rings (SSSR count). The topological polar surface area (TPSA) is 76.7 Å². The molecule has 0 aliphatic rings. The van der Waals surface area contributed by atoms with Crippen LogP contribution in [0.3, 0.4) is 0 Å². The summed E-state index contributed by atoms with van der Waals surface area (Å²) >= 11 is 3.42. The summed E-state index contributed by atoms with van der Waals surface area (Å²) in [6.45, 7) is 8.14. The van der Waals surface area contributed by atoms with Crippen LogP contribution in [0.15, 0.2) is 46.9 Å². The van der Waals surface area contributed by atoms with Crippen molar-refractivity contribution in [3.63, 3.8) is 0 Å². The number of nitrogens with one attached hydrogen (secondary N) is 2. The molecule has 0 saturated carbocycles. The quantitative estimate of drug-likeness (QED) is 0.528. The van der Waals surface area contributed by atoms with Crippen LogP contribution >= 0.6 is 15.9 Å². The smallest absolute Gasteiger partial charge is 0.276 e. The summed E-state index contributed by atoms with van der Waals surface area (Å²) in [5, 5.41) is 0. The number of rotatable bonds is 9. The number of benzene rings is 2. The van der Waals surface area contributed by atoms with E-state index in [0.717, 1.165) is 22.9 Å². The summed E-state index contributed by atoms with van der Waals surface area (Å²) in [7, 11) is 0. The minimum absolute atomic E-state index is 0.0931. The minimum atomic E-state index is -0.471. The van der Waals surface area contributed by atoms with Gasteiger partial charge in [-0.05, 0) is 69.6 Å². The molecule has 6 nitrogen and oxygen atoms in total. The lowest BCUT2D eigenvalue weighted by Crippen LogP contribution is -2.45. The second-order valence-electron chi connectivity index (χ2n) is 7.55. The van der Waals surface area contributed by atoms with E-state index in [2.05, 4.69) is 54.5 Å². The zero-order valence-corrected chi connectivity index (χ0v) is 19.5. The summed E-state index contributed by atoms with van der Waals surface area (Å²) in [6, 6.07) is 13.4. The van der Waals surface area contributed by atoms with Crippen molar-refractivity contribution in [2.24, 2.45) is 0 Å². The Morgan fingerprint density at radius 3 is 2.07 bits per heavy atom. The van der Waals surface area contributed by atoms with Crippen LogP contribution in [0, 0.1) is 0 Å². The Hall–Kier alpha value is -2.54. The molecular formula is C23H29BrN2O4. The van der Waals surface area contributed by atoms with Crippen LogP contribution in [0.1, 0.15) is 45.2 Å². The van der Waals surface area contributed by atoms with Crippen LogP contribution in [-0.2, 0) is 21.4 Å². The maximum absolute atomic E-state index is 11.9. The molecule has 0 spiro atoms. The highest BCUT2D eigenvalue weighted by atomic mass is 79.9. The Bertz CT molecular complexity index is 866. The molecule has 2 aromatic rings. The fourth-order valence-corrected chi connectivity index (χ4v) is 3.13. The van der Waals surface area contributed by atoms with Gasteiger partial charge in [-0.2, -0.15) is 0 Å². The molecule has 30 heavy (non-hydrogen) atoms. The largest absolute Gasteiger partial charge is 0.484 e. The predicted molar refractivity (Wildman–Crippen MR) is 121 cm³/mol. The number of carbonyl (C=O) groups excluding carboxylic acids is 2. The highest BCUT2D eigenvalue weighted by Crippen LogP contribution is 2.28. The lowest BCUT2D eigenvalue weighted by atomic mass is 9.82. The number of ether oxygens (including phenoxy) is 2. The van der Waals surface area contributed by atoms with E-state index in [-0.39, 0.29) is 18.6 Å². The van der Waals surface area contributed by atoms with E-state index < -0.39 is 11.8 Å². The van der Waals surface area contributed by atoms with Gasteiger partial charge in [0.15, 0.2) is 13.2 Å². The van der Waals surface area contributed by atoms with Gasteiger partial charge < -0.3 is 9.47 Å². The third-order valence-electron chi connectivity index (χ3n) is 4.99. The Morgan fingerprint density at radius 2 is 1.53 bits per heavy atom. The Kier molecular flexibility index (Phi) is 8.72. The van der Waals surface area contributed by atoms with Crippen LogP contribution in [0.4, 0.5) is 0 Å². The number of hydrogen-bond donors (Lipinski definition) is 2. The van der Waals surface area contributed by atoms with Gasteiger partial charge in [0.2, 0.25) is 0 Å². The van der Waals surface area contributed by atoms with Gasteiger partial charge >= 0.3 is 0 Å². The van der Waals surface area contributed by atoms with Crippen molar-refractivity contribution in [3.05, 3.63) is 58.1 Å². The number of amides is 2. The fraction of sp³-hybridized carbons (Fsp3) is 0.391. The molecule has 2 amide bonds. The lowest BCUT2D eigenvalue weighted by Gasteiger charge is -2.23. The zero-order chi connectivity index (χ0) is 22.1. The zero-order valence-electron chi connectivity index (χ0n) is 17.9. The number of carbonyl (C=O) groups is 2. The number of hydrogen-bond acceptors (Lipinski definition) is 4. The monoisotopic (exact) mass is 476 g/mol. The summed E-state index contributed by atoms with van der Waals surface area (Å²) in [5.41, 5.74) is 7.09. The second kappa shape index (κ2) is 11.0. The first-order valence-electron chi connectivity index (χ1n) is 9.97. The van der Waals surface area contributed by atoms with Crippen molar-refractivity contribution in [3.8, 4) is 11.5 Å². The molecule has 0 saturated heterocycles. The average molecular weight is 477 g/mol. The number of halogens is 1. The van der Waals surface area contributed by atoms with E-state index in [1.165, 1.54) is 5.56 Å². The van der Waals surface area contributed by atoms with E-state index in [4.69, 9.17) is 9.47 Å². The highest BCUT2D eigenvalue weighted by molar-refractivity contribution is 9.10. The van der Waals surface area contributed by atoms with Gasteiger partial charge in [-0.3, -0.25) is 20.4 Å². The van der Waals surface area contributed by atoms with Crippen molar-refractivity contribution < 1.29 is 19.1 Å². The van der Waals surface area contributed by atoms with Crippen LogP contribution < -0.4 is 20.3 Å². The Labute approximate surface area is 186 Å². The molecule has 2 aromatic carbocycles. The maximum Gasteiger partial charge on any atom is 0.276 e. The first kappa shape index (κ1) is 23.7. The van der Waals surface area contributed by atoms with E-state index in [0.29, 0.717) is 11.5 Å². The van der Waals surface area contributed by atoms with E-state index >= 15 is 0 Å². The molecular weight excluding hydrogens is 448 g/mol. The SMILES string of the molecule is CCc1ccc(OCC(=O)NNC(=O)COc2ccc(C(C)(C)CC)cc2)c(Br)c1. The van der Waals surface area contributed by atoms with Crippen LogP contribution in [-0.4, -0.2) is 25.0 Å². The number of hydrazine groups is 1. The predicted octanol–water partition coefficient (Wildman–Crippen LogP) is 4.30. The molecule has 0 aromatic heterocycles. The summed E-state index contributed by atoms with van der Waals surface area (Å²) in [4.78, 5) is 23.8. The van der Waals surface area contributed by atoms with Gasteiger partial charge in [-0.25, -0.2) is 0 Å². The van der Waals surface area contributed by atoms with Gasteiger partial charge in [-0.15, -0.1) is 0 Å². The molecule has 2 N–H and O–H groups in total. The Balaban J connectivity index is 1.72. The van der Waals surface area contributed by atoms with Gasteiger partial charge in [0, 0.05) is 0 Å². The van der Waals surface area contributed by atoms with Crippen LogP contribution in [0.25, 0.3) is 0 Å². The van der Waals surface area contributed by atoms with Crippen LogP contribution in [0.5, 0.6) is 11.5 Å². The van der Waals surface area contributed by atoms with E-state index in [1.807, 2.05) is 36.4 Å². The molecule has 162 valence electrons. The van der Waals surface area contributed by atoms with Crippen molar-refractivity contribution in [1.82, 2.24) is 10.9 Å². The fourth-order valence-electron chi connectivity index (χ4n) is 2.59. The average Bonchev–Trinajstić information content (AvgIpc) is 2.75. The van der Waals surface area contributed by atoms with E-state index in [1.54, 1.807) is 6.07 Å². The third-order valence-corrected chi connectivity index (χ3v) is 5.61. The van der Waals surface area contributed by atoms with Crippen molar-refractivity contribution in [2.75, 3.05) is 13.2 Å². The normalized spacial score (nSPS) is 11.0. The molecule has 0 heterocycles. The van der Waals surface area contributed by atoms with E-state index in [9.17, 15) is 9.59 Å². The standard InChI is InChI=1S/C23H29BrN2O4/c1-5-16-7-12-20(19(24)13-16)30-15-22(28)26-25-21(27)14-29-18-10-8-17(9-11-18)23(3,4)6-2/h7-13H,5-6,14-15H2,1-4H3,(H,25,27)(H,26,28). The van der Waals surface area contributed by atoms with Gasteiger partial charge in [-0.1, -0.05) is 45.9 Å². The molecule has 0 fully saturated rings. The first-order chi connectivity index (χ1) is 14.2. The Morgan fingerprint density at radius 1 is 0.933 bits per heavy atom. The van der Waals surface area contributed by atoms with Gasteiger partial charge in [0.05, 0.1) is 4.47 Å². The van der Waals surface area contributed by atoms with Crippen molar-refractivity contribution in [1.29, 1.82) is 0 Å². The summed E-state index contributed by atoms with van der Waals surface area (Å²) in [5.74, 6) is 0.221. The third kappa shape index (κ3) is 7.06. The summed E-state index contributed by atoms with van der Waals surface area (Å²) in [6.07, 6.45) is 1.94. The molecule has 0 unspecified atom stereocenters. The molecule has 0 bridgehead atoms. The molecule has 0 atom stereocenters. The lowest BCUT2D eigenvalue weighted by molar-refractivity contribution is -0.131. The minimum Gasteiger partial charge on any atom is -0.484 e. The number of aryl methyl sites for hydroxylation is 1. The van der Waals surface area contributed by atoms with Crippen LogP contribution in [0.2, 0.25) is 0 Å². The molecule has 0 aliphatic heterocycles. The molecule has 0 aliphatic carbocycles. The molecule has 7 heteroatoms. The molecule has 0 radical (unpaired) electrons. The van der Waals surface area contributed by atoms with Crippen molar-refractivity contribution >= 4 is 27.7 Å². The maximum atomic E-state index is 11.9. The first-order valence-corrected chi connectivity index (χ1v) is 10.8.